The van der Waals surface area contributed by atoms with Crippen molar-refractivity contribution < 1.29 is 4.79 Å². The van der Waals surface area contributed by atoms with Crippen molar-refractivity contribution in [2.45, 2.75) is 0 Å². The lowest BCUT2D eigenvalue weighted by Crippen LogP contribution is -2.27. The number of carbonyl (C=O) groups excluding carboxylic acids is 1. The zero-order chi connectivity index (χ0) is 10.1. The van der Waals surface area contributed by atoms with Crippen LogP contribution in [0.2, 0.25) is 0 Å². The van der Waals surface area contributed by atoms with E-state index in [1.54, 1.807) is 24.4 Å². The fraction of sp³-hybridized carbons (Fsp3) is 0. The third-order valence-electron chi connectivity index (χ3n) is 1.87. The van der Waals surface area contributed by atoms with Crippen LogP contribution in [0.5, 0.6) is 0 Å². The van der Waals surface area contributed by atoms with Crippen LogP contribution in [0, 0.1) is 0 Å². The number of pyridine rings is 1. The van der Waals surface area contributed by atoms with E-state index in [2.05, 4.69) is 4.98 Å². The minimum atomic E-state index is -0.812. The van der Waals surface area contributed by atoms with Gasteiger partial charge in [0.05, 0.1) is 11.7 Å². The Bertz CT molecular complexity index is 559. The summed E-state index contributed by atoms with van der Waals surface area (Å²) in [4.78, 5) is 26.1. The first-order valence-electron chi connectivity index (χ1n) is 3.96. The molecule has 0 unspecified atom stereocenters. The van der Waals surface area contributed by atoms with Gasteiger partial charge in [-0.15, -0.1) is 0 Å². The van der Waals surface area contributed by atoms with Gasteiger partial charge in [0.15, 0.2) is 5.69 Å². The zero-order valence-electron chi connectivity index (χ0n) is 7.18. The molecule has 14 heavy (non-hydrogen) atoms. The molecule has 0 saturated heterocycles. The fourth-order valence-electron chi connectivity index (χ4n) is 1.22. The van der Waals surface area contributed by atoms with Crippen molar-refractivity contribution in [1.82, 2.24) is 9.38 Å². The van der Waals surface area contributed by atoms with Gasteiger partial charge in [0, 0.05) is 6.20 Å². The second-order valence-electron chi connectivity index (χ2n) is 2.77. The number of aromatic nitrogens is 2. The molecular weight excluding hydrogens is 182 g/mol. The normalized spacial score (nSPS) is 10.3. The Hall–Kier alpha value is -2.17. The molecule has 0 atom stereocenters. The summed E-state index contributed by atoms with van der Waals surface area (Å²) >= 11 is 0. The largest absolute Gasteiger partial charge is 0.364 e. The van der Waals surface area contributed by atoms with Crippen LogP contribution in [-0.4, -0.2) is 15.3 Å². The van der Waals surface area contributed by atoms with Gasteiger partial charge in [0.25, 0.3) is 11.5 Å². The van der Waals surface area contributed by atoms with Crippen molar-refractivity contribution in [3.8, 4) is 0 Å². The molecule has 0 fully saturated rings. The first-order chi connectivity index (χ1) is 6.70. The van der Waals surface area contributed by atoms with Crippen LogP contribution in [0.25, 0.3) is 5.52 Å². The molecule has 2 aromatic rings. The lowest BCUT2D eigenvalue weighted by molar-refractivity contribution is 0.0994. The van der Waals surface area contributed by atoms with Crippen molar-refractivity contribution in [3.63, 3.8) is 0 Å². The third-order valence-corrected chi connectivity index (χ3v) is 1.87. The molecule has 0 bridgehead atoms. The standard InChI is InChI=1S/C9H7N3O2/c10-8(13)7-9(14)12-4-2-1-3-6(12)5-11-7/h1-5H,(H2,10,13). The Kier molecular flexibility index (Phi) is 1.78. The summed E-state index contributed by atoms with van der Waals surface area (Å²) in [5, 5.41) is 0. The van der Waals surface area contributed by atoms with Crippen molar-refractivity contribution in [2.75, 3.05) is 0 Å². The Labute approximate surface area is 78.8 Å². The maximum Gasteiger partial charge on any atom is 0.286 e. The maximum absolute atomic E-state index is 11.6. The van der Waals surface area contributed by atoms with E-state index in [1.165, 1.54) is 10.6 Å². The molecule has 70 valence electrons. The molecule has 2 aromatic heterocycles. The van der Waals surface area contributed by atoms with Crippen molar-refractivity contribution in [3.05, 3.63) is 46.6 Å². The minimum Gasteiger partial charge on any atom is -0.364 e. The number of hydrogen-bond donors (Lipinski definition) is 1. The molecule has 5 nitrogen and oxygen atoms in total. The van der Waals surface area contributed by atoms with Crippen LogP contribution in [0.15, 0.2) is 35.4 Å². The van der Waals surface area contributed by atoms with E-state index in [9.17, 15) is 9.59 Å². The van der Waals surface area contributed by atoms with Crippen LogP contribution >= 0.6 is 0 Å². The monoisotopic (exact) mass is 189 g/mol. The van der Waals surface area contributed by atoms with Gasteiger partial charge in [0.1, 0.15) is 0 Å². The first kappa shape index (κ1) is 8.43. The summed E-state index contributed by atoms with van der Waals surface area (Å²) in [5.74, 6) is -0.812. The number of carbonyl (C=O) groups is 1. The Morgan fingerprint density at radius 3 is 2.93 bits per heavy atom. The number of fused-ring (bicyclic) bond motifs is 1. The van der Waals surface area contributed by atoms with Gasteiger partial charge in [-0.1, -0.05) is 6.07 Å². The van der Waals surface area contributed by atoms with Crippen molar-refractivity contribution >= 4 is 11.4 Å². The number of hydrogen-bond acceptors (Lipinski definition) is 3. The Morgan fingerprint density at radius 2 is 2.21 bits per heavy atom. The van der Waals surface area contributed by atoms with Gasteiger partial charge in [-0.2, -0.15) is 0 Å². The second kappa shape index (κ2) is 2.95. The summed E-state index contributed by atoms with van der Waals surface area (Å²) in [5.41, 5.74) is 4.89. The Balaban J connectivity index is 2.89. The summed E-state index contributed by atoms with van der Waals surface area (Å²) < 4.78 is 1.33. The molecule has 0 spiro atoms. The number of amides is 1. The molecule has 0 aromatic carbocycles. The van der Waals surface area contributed by atoms with E-state index in [0.717, 1.165) is 0 Å². The SMILES string of the molecule is NC(=O)c1ncc2ccccn2c1=O. The predicted molar refractivity (Wildman–Crippen MR) is 50.0 cm³/mol. The van der Waals surface area contributed by atoms with Gasteiger partial charge in [-0.05, 0) is 12.1 Å². The third kappa shape index (κ3) is 1.15. The molecule has 5 heteroatoms. The van der Waals surface area contributed by atoms with Crippen LogP contribution < -0.4 is 11.3 Å². The lowest BCUT2D eigenvalue weighted by atomic mass is 10.3. The first-order valence-corrected chi connectivity index (χ1v) is 3.96. The molecular formula is C9H7N3O2. The summed E-state index contributed by atoms with van der Waals surface area (Å²) in [6.07, 6.45) is 2.99. The number of primary amides is 1. The van der Waals surface area contributed by atoms with Crippen LogP contribution in [-0.2, 0) is 0 Å². The highest BCUT2D eigenvalue weighted by molar-refractivity contribution is 5.90. The second-order valence-corrected chi connectivity index (χ2v) is 2.77. The molecule has 2 heterocycles. The average molecular weight is 189 g/mol. The lowest BCUT2D eigenvalue weighted by Gasteiger charge is -1.99. The quantitative estimate of drug-likeness (QED) is 0.674. The molecule has 2 N–H and O–H groups in total. The van der Waals surface area contributed by atoms with E-state index in [0.29, 0.717) is 5.52 Å². The highest BCUT2D eigenvalue weighted by Gasteiger charge is 2.09. The topological polar surface area (TPSA) is 77.5 Å². The van der Waals surface area contributed by atoms with E-state index in [4.69, 9.17) is 5.73 Å². The summed E-state index contributed by atoms with van der Waals surface area (Å²) in [6.45, 7) is 0. The zero-order valence-corrected chi connectivity index (χ0v) is 7.18. The molecule has 0 aliphatic carbocycles. The van der Waals surface area contributed by atoms with E-state index in [1.807, 2.05) is 0 Å². The van der Waals surface area contributed by atoms with Gasteiger partial charge in [-0.3, -0.25) is 14.0 Å². The molecule has 0 aliphatic rings. The summed E-state index contributed by atoms with van der Waals surface area (Å²) in [6, 6.07) is 5.19. The predicted octanol–water partition coefficient (Wildman–Crippen LogP) is -0.207. The van der Waals surface area contributed by atoms with E-state index in [-0.39, 0.29) is 5.69 Å². The minimum absolute atomic E-state index is 0.242. The van der Waals surface area contributed by atoms with E-state index >= 15 is 0 Å². The maximum atomic E-state index is 11.6. The Morgan fingerprint density at radius 1 is 1.43 bits per heavy atom. The molecule has 1 amide bonds. The fourth-order valence-corrected chi connectivity index (χ4v) is 1.22. The van der Waals surface area contributed by atoms with Crippen molar-refractivity contribution in [1.29, 1.82) is 0 Å². The van der Waals surface area contributed by atoms with Crippen LogP contribution in [0.1, 0.15) is 10.5 Å². The molecule has 0 saturated carbocycles. The van der Waals surface area contributed by atoms with Gasteiger partial charge >= 0.3 is 0 Å². The number of rotatable bonds is 1. The van der Waals surface area contributed by atoms with Gasteiger partial charge in [-0.25, -0.2) is 4.98 Å². The highest BCUT2D eigenvalue weighted by Crippen LogP contribution is 1.97. The smallest absolute Gasteiger partial charge is 0.286 e. The van der Waals surface area contributed by atoms with Crippen molar-refractivity contribution in [2.24, 2.45) is 5.73 Å². The van der Waals surface area contributed by atoms with Crippen LogP contribution in [0.3, 0.4) is 0 Å². The number of nitrogens with two attached hydrogens (primary N) is 1. The van der Waals surface area contributed by atoms with Gasteiger partial charge in [0.2, 0.25) is 0 Å². The molecule has 0 radical (unpaired) electrons. The molecule has 0 aliphatic heterocycles. The average Bonchev–Trinajstić information content (AvgIpc) is 2.18. The summed E-state index contributed by atoms with van der Waals surface area (Å²) in [7, 11) is 0. The van der Waals surface area contributed by atoms with Gasteiger partial charge < -0.3 is 5.73 Å². The van der Waals surface area contributed by atoms with E-state index < -0.39 is 11.5 Å². The number of nitrogens with zero attached hydrogens (tertiary/aromatic N) is 2. The van der Waals surface area contributed by atoms with Crippen LogP contribution in [0.4, 0.5) is 0 Å². The molecule has 2 rings (SSSR count). The highest BCUT2D eigenvalue weighted by atomic mass is 16.2.